The summed E-state index contributed by atoms with van der Waals surface area (Å²) < 4.78 is 0. The summed E-state index contributed by atoms with van der Waals surface area (Å²) >= 11 is 0. The van der Waals surface area contributed by atoms with Gasteiger partial charge in [0, 0.05) is 17.4 Å². The van der Waals surface area contributed by atoms with Crippen LogP contribution in [0.2, 0.25) is 0 Å². The zero-order valence-electron chi connectivity index (χ0n) is 16.3. The molecule has 144 valence electrons. The molecule has 1 aromatic carbocycles. The van der Waals surface area contributed by atoms with Crippen molar-refractivity contribution in [1.29, 1.82) is 0 Å². The molecule has 1 saturated heterocycles. The quantitative estimate of drug-likeness (QED) is 0.531. The van der Waals surface area contributed by atoms with E-state index in [1.165, 1.54) is 43.6 Å². The number of hydrogen-bond acceptors (Lipinski definition) is 2. The fourth-order valence-electron chi connectivity index (χ4n) is 6.76. The van der Waals surface area contributed by atoms with E-state index in [1.54, 1.807) is 0 Å². The largest absolute Gasteiger partial charge is 0.299 e. The maximum atomic E-state index is 13.2. The minimum atomic E-state index is -0.00711. The van der Waals surface area contributed by atoms with Gasteiger partial charge in [-0.2, -0.15) is 0 Å². The average molecular weight is 384 g/mol. The zero-order valence-corrected chi connectivity index (χ0v) is 17.1. The molecule has 0 amide bonds. The summed E-state index contributed by atoms with van der Waals surface area (Å²) in [5, 5.41) is 0. The monoisotopic (exact) mass is 383 g/mol. The highest BCUT2D eigenvalue weighted by Crippen LogP contribution is 2.60. The first kappa shape index (κ1) is 18.0. The number of ketones is 2. The van der Waals surface area contributed by atoms with Crippen molar-refractivity contribution in [2.75, 3.05) is 17.3 Å². The summed E-state index contributed by atoms with van der Waals surface area (Å²) in [6.45, 7) is 0. The second kappa shape index (κ2) is 7.06. The standard InChI is InChI=1S/C24H31O2S/c25-22(16-27-7-1-2-8-27)21-5-3-17(4-6-21)12-23(26)24-13-18-9-19(14-24)11-20(10-18)15-24/h3-6,18-20H,1-2,7-16H2/q+1. The fraction of sp³-hybridized carbons (Fsp3) is 0.667. The maximum Gasteiger partial charge on any atom is 0.211 e. The van der Waals surface area contributed by atoms with Gasteiger partial charge in [0.25, 0.3) is 0 Å². The lowest BCUT2D eigenvalue weighted by Crippen LogP contribution is -2.50. The fourth-order valence-corrected chi connectivity index (χ4v) is 9.02. The highest BCUT2D eigenvalue weighted by molar-refractivity contribution is 7.97. The number of Topliss-reactive ketones (excluding diaryl/α,β-unsaturated/α-hetero) is 2. The first-order chi connectivity index (χ1) is 13.1. The molecule has 0 aromatic heterocycles. The Bertz CT molecular complexity index is 694. The van der Waals surface area contributed by atoms with E-state index in [-0.39, 0.29) is 5.41 Å². The molecule has 27 heavy (non-hydrogen) atoms. The number of rotatable bonds is 6. The van der Waals surface area contributed by atoms with Gasteiger partial charge in [-0.3, -0.25) is 9.59 Å². The second-order valence-electron chi connectivity index (χ2n) is 9.79. The first-order valence-electron chi connectivity index (χ1n) is 10.9. The van der Waals surface area contributed by atoms with E-state index in [4.69, 9.17) is 0 Å². The minimum absolute atomic E-state index is 0.00711. The number of hydrogen-bond donors (Lipinski definition) is 0. The van der Waals surface area contributed by atoms with Crippen LogP contribution in [-0.2, 0) is 22.1 Å². The summed E-state index contributed by atoms with van der Waals surface area (Å²) in [6, 6.07) is 7.99. The molecule has 1 heterocycles. The molecule has 0 radical (unpaired) electrons. The Balaban J connectivity index is 1.23. The van der Waals surface area contributed by atoms with E-state index in [0.29, 0.717) is 28.9 Å². The van der Waals surface area contributed by atoms with Crippen LogP contribution in [-0.4, -0.2) is 28.8 Å². The number of carbonyl (C=O) groups excluding carboxylic acids is 2. The van der Waals surface area contributed by atoms with Gasteiger partial charge in [-0.05, 0) is 85.6 Å². The van der Waals surface area contributed by atoms with Crippen molar-refractivity contribution in [3.05, 3.63) is 35.4 Å². The van der Waals surface area contributed by atoms with Crippen LogP contribution in [0, 0.1) is 23.2 Å². The van der Waals surface area contributed by atoms with Gasteiger partial charge < -0.3 is 0 Å². The third kappa shape index (κ3) is 3.52. The summed E-state index contributed by atoms with van der Waals surface area (Å²) in [6.07, 6.45) is 10.7. The van der Waals surface area contributed by atoms with E-state index in [0.717, 1.165) is 53.9 Å². The molecule has 0 unspecified atom stereocenters. The molecule has 5 aliphatic rings. The molecule has 4 aliphatic carbocycles. The summed E-state index contributed by atoms with van der Waals surface area (Å²) in [5.74, 6) is 6.43. The lowest BCUT2D eigenvalue weighted by molar-refractivity contribution is -0.143. The van der Waals surface area contributed by atoms with Crippen molar-refractivity contribution in [3.63, 3.8) is 0 Å². The van der Waals surface area contributed by atoms with Gasteiger partial charge >= 0.3 is 0 Å². The smallest absolute Gasteiger partial charge is 0.211 e. The first-order valence-corrected chi connectivity index (χ1v) is 12.6. The molecular formula is C24H31O2S+. The van der Waals surface area contributed by atoms with E-state index >= 15 is 0 Å². The summed E-state index contributed by atoms with van der Waals surface area (Å²) in [4.78, 5) is 25.8. The van der Waals surface area contributed by atoms with E-state index in [9.17, 15) is 9.59 Å². The van der Waals surface area contributed by atoms with E-state index < -0.39 is 0 Å². The van der Waals surface area contributed by atoms with Crippen LogP contribution in [0.5, 0.6) is 0 Å². The minimum Gasteiger partial charge on any atom is -0.299 e. The Morgan fingerprint density at radius 1 is 0.889 bits per heavy atom. The lowest BCUT2D eigenvalue weighted by atomic mass is 9.48. The molecule has 5 fully saturated rings. The molecule has 0 spiro atoms. The van der Waals surface area contributed by atoms with Gasteiger partial charge in [0.05, 0.1) is 0 Å². The van der Waals surface area contributed by atoms with Crippen LogP contribution in [0.25, 0.3) is 0 Å². The van der Waals surface area contributed by atoms with Gasteiger partial charge in [0.1, 0.15) is 17.3 Å². The maximum absolute atomic E-state index is 13.2. The molecule has 1 aliphatic heterocycles. The van der Waals surface area contributed by atoms with Crippen LogP contribution in [0.3, 0.4) is 0 Å². The Hall–Kier alpha value is -1.09. The Morgan fingerprint density at radius 3 is 2.00 bits per heavy atom. The van der Waals surface area contributed by atoms with Gasteiger partial charge in [0.2, 0.25) is 5.78 Å². The normalized spacial score (nSPS) is 34.9. The number of carbonyl (C=O) groups is 2. The summed E-state index contributed by atoms with van der Waals surface area (Å²) in [5.41, 5.74) is 1.92. The lowest BCUT2D eigenvalue weighted by Gasteiger charge is -2.56. The van der Waals surface area contributed by atoms with Gasteiger partial charge in [-0.1, -0.05) is 24.3 Å². The highest BCUT2D eigenvalue weighted by Gasteiger charge is 2.53. The van der Waals surface area contributed by atoms with Crippen molar-refractivity contribution < 1.29 is 9.59 Å². The van der Waals surface area contributed by atoms with Crippen molar-refractivity contribution in [2.45, 2.75) is 57.8 Å². The van der Waals surface area contributed by atoms with Gasteiger partial charge in [-0.25, -0.2) is 0 Å². The SMILES string of the molecule is O=C(C[S+]1CCCC1)c1ccc(CC(=O)C23CC4CC(CC(C4)C2)C3)cc1. The molecule has 3 heteroatoms. The van der Waals surface area contributed by atoms with Crippen molar-refractivity contribution in [1.82, 2.24) is 0 Å². The molecule has 0 N–H and O–H groups in total. The van der Waals surface area contributed by atoms with Crippen LogP contribution in [0.15, 0.2) is 24.3 Å². The van der Waals surface area contributed by atoms with Crippen LogP contribution >= 0.6 is 0 Å². The average Bonchev–Trinajstić information content (AvgIpc) is 3.14. The molecule has 4 saturated carbocycles. The van der Waals surface area contributed by atoms with E-state index in [2.05, 4.69) is 0 Å². The van der Waals surface area contributed by atoms with Crippen molar-refractivity contribution in [2.24, 2.45) is 23.2 Å². The number of benzene rings is 1. The molecule has 4 bridgehead atoms. The molecule has 6 rings (SSSR count). The van der Waals surface area contributed by atoms with Gasteiger partial charge in [-0.15, -0.1) is 0 Å². The Morgan fingerprint density at radius 2 is 1.44 bits per heavy atom. The van der Waals surface area contributed by atoms with Gasteiger partial charge in [0.15, 0.2) is 5.75 Å². The van der Waals surface area contributed by atoms with Crippen LogP contribution in [0.1, 0.15) is 67.3 Å². The Kier molecular flexibility index (Phi) is 4.70. The summed E-state index contributed by atoms with van der Waals surface area (Å²) in [7, 11) is 0.317. The van der Waals surface area contributed by atoms with Crippen LogP contribution < -0.4 is 0 Å². The molecular weight excluding hydrogens is 352 g/mol. The molecule has 0 atom stereocenters. The van der Waals surface area contributed by atoms with Crippen molar-refractivity contribution >= 4 is 22.5 Å². The topological polar surface area (TPSA) is 34.1 Å². The van der Waals surface area contributed by atoms with E-state index in [1.807, 2.05) is 24.3 Å². The van der Waals surface area contributed by atoms with Crippen molar-refractivity contribution in [3.8, 4) is 0 Å². The molecule has 2 nitrogen and oxygen atoms in total. The third-order valence-corrected chi connectivity index (χ3v) is 10.1. The zero-order chi connectivity index (χ0) is 18.4. The second-order valence-corrected chi connectivity index (χ2v) is 12.1. The predicted molar refractivity (Wildman–Crippen MR) is 111 cm³/mol. The highest BCUT2D eigenvalue weighted by atomic mass is 32.2. The predicted octanol–water partition coefficient (Wildman–Crippen LogP) is 4.61. The Labute approximate surface area is 165 Å². The third-order valence-electron chi connectivity index (χ3n) is 7.72. The molecule has 1 aromatic rings. The van der Waals surface area contributed by atoms with Crippen LogP contribution in [0.4, 0.5) is 0 Å².